The van der Waals surface area contributed by atoms with Gasteiger partial charge in [-0.2, -0.15) is 13.2 Å². The van der Waals surface area contributed by atoms with E-state index in [2.05, 4.69) is 15.0 Å². The Morgan fingerprint density at radius 1 is 1.11 bits per heavy atom. The molecule has 2 heterocycles. The van der Waals surface area contributed by atoms with Crippen molar-refractivity contribution in [2.45, 2.75) is 69.7 Å². The Hall–Kier alpha value is -2.75. The summed E-state index contributed by atoms with van der Waals surface area (Å²) in [6.45, 7) is 3.94. The molecular weight excluding hydrogens is 475 g/mol. The second-order valence-electron chi connectivity index (χ2n) is 9.88. The third kappa shape index (κ3) is 5.33. The molecule has 5 rings (SSSR count). The Morgan fingerprint density at radius 2 is 1.86 bits per heavy atom. The topological polar surface area (TPSA) is 72.9 Å². The molecule has 1 aromatic carbocycles. The Bertz CT molecular complexity index is 1110. The van der Waals surface area contributed by atoms with E-state index in [1.807, 2.05) is 12.1 Å². The van der Waals surface area contributed by atoms with Gasteiger partial charge in [0.25, 0.3) is 0 Å². The molecule has 10 heteroatoms. The van der Waals surface area contributed by atoms with E-state index >= 15 is 0 Å². The summed E-state index contributed by atoms with van der Waals surface area (Å²) in [7, 11) is 1.64. The van der Waals surface area contributed by atoms with Crippen molar-refractivity contribution < 1.29 is 32.2 Å². The van der Waals surface area contributed by atoms with Gasteiger partial charge in [-0.1, -0.05) is 0 Å². The number of methoxy groups -OCH3 is 1. The lowest BCUT2D eigenvalue weighted by atomic mass is 9.89. The zero-order valence-corrected chi connectivity index (χ0v) is 20.5. The van der Waals surface area contributed by atoms with Gasteiger partial charge in [0.2, 0.25) is 0 Å². The molecule has 196 valence electrons. The number of hydrogen-bond donors (Lipinski definition) is 1. The molecule has 0 radical (unpaired) electrons. The standard InChI is InChI=1S/C26H32F3N3O4/c1-34-22-14-20-18-6-4-7-19(18)24(30-16-12-17(13-16)36-25(33)26(27,28)29)31-21(20)15-23(22)35-11-5-10-32-8-2-3-9-32/h14-17H,2-13H2,1H3,(H,30,31)/t16-,17-. The van der Waals surface area contributed by atoms with Crippen molar-refractivity contribution in [3.63, 3.8) is 0 Å². The Morgan fingerprint density at radius 3 is 2.58 bits per heavy atom. The number of aromatic nitrogens is 1. The molecule has 0 spiro atoms. The summed E-state index contributed by atoms with van der Waals surface area (Å²) in [5, 5.41) is 4.42. The molecule has 2 aromatic rings. The highest BCUT2D eigenvalue weighted by molar-refractivity contribution is 5.89. The van der Waals surface area contributed by atoms with Gasteiger partial charge in [-0.15, -0.1) is 0 Å². The van der Waals surface area contributed by atoms with Crippen LogP contribution >= 0.6 is 0 Å². The maximum absolute atomic E-state index is 12.4. The summed E-state index contributed by atoms with van der Waals surface area (Å²) >= 11 is 0. The zero-order valence-electron chi connectivity index (χ0n) is 20.5. The van der Waals surface area contributed by atoms with Crippen molar-refractivity contribution in [2.24, 2.45) is 0 Å². The van der Waals surface area contributed by atoms with Crippen LogP contribution in [-0.2, 0) is 22.4 Å². The van der Waals surface area contributed by atoms with E-state index in [1.54, 1.807) is 7.11 Å². The molecule has 1 saturated carbocycles. The Labute approximate surface area is 208 Å². The van der Waals surface area contributed by atoms with Crippen molar-refractivity contribution in [1.82, 2.24) is 9.88 Å². The molecule has 0 atom stereocenters. The maximum atomic E-state index is 12.4. The first-order chi connectivity index (χ1) is 17.3. The fraction of sp³-hybridized carbons (Fsp3) is 0.615. The van der Waals surface area contributed by atoms with Crippen molar-refractivity contribution >= 4 is 22.7 Å². The maximum Gasteiger partial charge on any atom is 0.490 e. The van der Waals surface area contributed by atoms with Gasteiger partial charge in [0.05, 0.1) is 19.2 Å². The molecule has 1 saturated heterocycles. The third-order valence-electron chi connectivity index (χ3n) is 7.36. The van der Waals surface area contributed by atoms with Crippen LogP contribution in [0.25, 0.3) is 10.9 Å². The lowest BCUT2D eigenvalue weighted by molar-refractivity contribution is -0.208. The third-order valence-corrected chi connectivity index (χ3v) is 7.36. The van der Waals surface area contributed by atoms with E-state index in [4.69, 9.17) is 14.5 Å². The predicted molar refractivity (Wildman–Crippen MR) is 129 cm³/mol. The number of carbonyl (C=O) groups excluding carboxylic acids is 1. The van der Waals surface area contributed by atoms with Gasteiger partial charge in [-0.25, -0.2) is 9.78 Å². The Balaban J connectivity index is 1.28. The van der Waals surface area contributed by atoms with Gasteiger partial charge in [0, 0.05) is 36.9 Å². The van der Waals surface area contributed by atoms with Crippen LogP contribution in [0.15, 0.2) is 12.1 Å². The first kappa shape index (κ1) is 24.9. The zero-order chi connectivity index (χ0) is 25.3. The quantitative estimate of drug-likeness (QED) is 0.391. The smallest absolute Gasteiger partial charge is 0.490 e. The summed E-state index contributed by atoms with van der Waals surface area (Å²) in [6.07, 6.45) is 1.26. The average Bonchev–Trinajstić information content (AvgIpc) is 3.51. The first-order valence-corrected chi connectivity index (χ1v) is 12.7. The number of esters is 1. The van der Waals surface area contributed by atoms with Crippen LogP contribution in [0.1, 0.15) is 49.7 Å². The molecule has 1 aliphatic heterocycles. The van der Waals surface area contributed by atoms with E-state index in [1.165, 1.54) is 18.4 Å². The number of fused-ring (bicyclic) bond motifs is 3. The highest BCUT2D eigenvalue weighted by Gasteiger charge is 2.44. The average molecular weight is 508 g/mol. The second-order valence-corrected chi connectivity index (χ2v) is 9.88. The van der Waals surface area contributed by atoms with Crippen molar-refractivity contribution in [2.75, 3.05) is 38.7 Å². The summed E-state index contributed by atoms with van der Waals surface area (Å²) in [5.74, 6) is -0.0255. The number of nitrogens with one attached hydrogen (secondary N) is 1. The van der Waals surface area contributed by atoms with Crippen molar-refractivity contribution in [3.8, 4) is 11.5 Å². The molecule has 3 aliphatic rings. The molecule has 7 nitrogen and oxygen atoms in total. The lowest BCUT2D eigenvalue weighted by Gasteiger charge is -2.36. The van der Waals surface area contributed by atoms with E-state index < -0.39 is 18.2 Å². The van der Waals surface area contributed by atoms with Crippen LogP contribution in [0.3, 0.4) is 0 Å². The summed E-state index contributed by atoms with van der Waals surface area (Å²) in [6, 6.07) is 3.83. The fourth-order valence-electron chi connectivity index (χ4n) is 5.43. The minimum Gasteiger partial charge on any atom is -0.493 e. The van der Waals surface area contributed by atoms with Crippen LogP contribution in [0.4, 0.5) is 19.0 Å². The largest absolute Gasteiger partial charge is 0.493 e. The summed E-state index contributed by atoms with van der Waals surface area (Å²) in [5.41, 5.74) is 3.16. The van der Waals surface area contributed by atoms with E-state index in [9.17, 15) is 18.0 Å². The van der Waals surface area contributed by atoms with E-state index in [0.717, 1.165) is 67.6 Å². The van der Waals surface area contributed by atoms with Gasteiger partial charge >= 0.3 is 12.1 Å². The number of halogens is 3. The van der Waals surface area contributed by atoms with Gasteiger partial charge in [0.1, 0.15) is 11.9 Å². The number of benzene rings is 1. The molecule has 1 aromatic heterocycles. The molecule has 0 bridgehead atoms. The minimum atomic E-state index is -4.96. The monoisotopic (exact) mass is 507 g/mol. The molecule has 2 fully saturated rings. The number of nitrogens with zero attached hydrogens (tertiary/aromatic N) is 2. The van der Waals surface area contributed by atoms with Crippen LogP contribution in [0.5, 0.6) is 11.5 Å². The molecule has 2 aliphatic carbocycles. The highest BCUT2D eigenvalue weighted by atomic mass is 19.4. The van der Waals surface area contributed by atoms with E-state index in [-0.39, 0.29) is 6.04 Å². The minimum absolute atomic E-state index is 0.0924. The molecule has 0 amide bonds. The number of rotatable bonds is 9. The number of carbonyl (C=O) groups is 1. The first-order valence-electron chi connectivity index (χ1n) is 12.7. The van der Waals surface area contributed by atoms with Crippen LogP contribution in [-0.4, -0.2) is 67.5 Å². The number of likely N-dealkylation sites (tertiary alicyclic amines) is 1. The number of ether oxygens (including phenoxy) is 3. The van der Waals surface area contributed by atoms with Crippen molar-refractivity contribution in [1.29, 1.82) is 0 Å². The molecule has 0 unspecified atom stereocenters. The van der Waals surface area contributed by atoms with Crippen molar-refractivity contribution in [3.05, 3.63) is 23.3 Å². The van der Waals surface area contributed by atoms with Gasteiger partial charge in [-0.05, 0) is 68.8 Å². The number of pyridine rings is 1. The molecule has 1 N–H and O–H groups in total. The summed E-state index contributed by atoms with van der Waals surface area (Å²) < 4.78 is 53.6. The van der Waals surface area contributed by atoms with Crippen LogP contribution in [0.2, 0.25) is 0 Å². The van der Waals surface area contributed by atoms with Crippen LogP contribution in [0, 0.1) is 0 Å². The van der Waals surface area contributed by atoms with Gasteiger partial charge in [0.15, 0.2) is 11.5 Å². The van der Waals surface area contributed by atoms with Gasteiger partial charge < -0.3 is 24.4 Å². The van der Waals surface area contributed by atoms with Gasteiger partial charge in [-0.3, -0.25) is 0 Å². The molecular formula is C26H32F3N3O4. The number of hydrogen-bond acceptors (Lipinski definition) is 7. The predicted octanol–water partition coefficient (Wildman–Crippen LogP) is 4.65. The molecule has 36 heavy (non-hydrogen) atoms. The second kappa shape index (κ2) is 10.3. The van der Waals surface area contributed by atoms with Crippen LogP contribution < -0.4 is 14.8 Å². The normalized spacial score (nSPS) is 21.8. The number of anilines is 1. The number of alkyl halides is 3. The Kier molecular flexibility index (Phi) is 7.14. The highest BCUT2D eigenvalue weighted by Crippen LogP contribution is 2.40. The SMILES string of the molecule is COc1cc2c3c(c(N[C@H]4C[C@H](OC(=O)C(F)(F)F)C4)nc2cc1OCCCN1CCCC1)CCC3. The number of aryl methyl sites for hydroxylation is 1. The van der Waals surface area contributed by atoms with E-state index in [0.29, 0.717) is 30.9 Å². The fourth-order valence-corrected chi connectivity index (χ4v) is 5.43. The summed E-state index contributed by atoms with van der Waals surface area (Å²) in [4.78, 5) is 18.4. The lowest BCUT2D eigenvalue weighted by Crippen LogP contribution is -2.44.